The number of amides is 1. The minimum absolute atomic E-state index is 0.117. The third-order valence-electron chi connectivity index (χ3n) is 2.82. The van der Waals surface area contributed by atoms with Gasteiger partial charge in [0, 0.05) is 0 Å². The molecule has 0 atom stereocenters. The lowest BCUT2D eigenvalue weighted by molar-refractivity contribution is -0.683. The lowest BCUT2D eigenvalue weighted by Gasteiger charge is -2.02. The second-order valence-corrected chi connectivity index (χ2v) is 5.16. The van der Waals surface area contributed by atoms with Crippen molar-refractivity contribution in [1.82, 2.24) is 19.9 Å². The molecule has 0 saturated heterocycles. The number of benzene rings is 1. The molecule has 20 heavy (non-hydrogen) atoms. The van der Waals surface area contributed by atoms with E-state index in [1.54, 1.807) is 0 Å². The molecular weight excluding hydrogens is 276 g/mol. The Bertz CT molecular complexity index is 736. The van der Waals surface area contributed by atoms with Gasteiger partial charge in [-0.25, -0.2) is 14.2 Å². The number of aryl methyl sites for hydroxylation is 1. The minimum atomic E-state index is -0.117. The van der Waals surface area contributed by atoms with Crippen LogP contribution in [0.4, 0.5) is 0 Å². The summed E-state index contributed by atoms with van der Waals surface area (Å²) in [6, 6.07) is 8.01. The summed E-state index contributed by atoms with van der Waals surface area (Å²) in [5.74, 6) is 0.187. The zero-order chi connectivity index (χ0) is 13.9. The van der Waals surface area contributed by atoms with Gasteiger partial charge in [0.25, 0.3) is 0 Å². The largest absolute Gasteiger partial charge is 0.317 e. The number of aromatic amines is 1. The molecule has 0 aliphatic rings. The minimum Gasteiger partial charge on any atom is -0.272 e. The van der Waals surface area contributed by atoms with Crippen LogP contribution in [-0.4, -0.2) is 31.5 Å². The van der Waals surface area contributed by atoms with Gasteiger partial charge in [-0.3, -0.25) is 10.2 Å². The van der Waals surface area contributed by atoms with Crippen molar-refractivity contribution < 1.29 is 9.36 Å². The van der Waals surface area contributed by atoms with Gasteiger partial charge in [0.1, 0.15) is 12.7 Å². The molecule has 0 unspecified atom stereocenters. The van der Waals surface area contributed by atoms with Gasteiger partial charge in [0.05, 0.1) is 12.8 Å². The van der Waals surface area contributed by atoms with Crippen LogP contribution in [0, 0.1) is 0 Å². The van der Waals surface area contributed by atoms with Gasteiger partial charge in [-0.15, -0.1) is 10.2 Å². The van der Waals surface area contributed by atoms with Gasteiger partial charge < -0.3 is 0 Å². The predicted octanol–water partition coefficient (Wildman–Crippen LogP) is 0.446. The summed E-state index contributed by atoms with van der Waals surface area (Å²) >= 11 is 1.44. The van der Waals surface area contributed by atoms with E-state index in [1.807, 2.05) is 35.9 Å². The van der Waals surface area contributed by atoms with E-state index in [0.717, 1.165) is 16.2 Å². The van der Waals surface area contributed by atoms with E-state index in [9.17, 15) is 4.79 Å². The summed E-state index contributed by atoms with van der Waals surface area (Å²) in [5, 5.41) is 8.17. The van der Waals surface area contributed by atoms with Crippen molar-refractivity contribution in [3.8, 4) is 0 Å². The van der Waals surface area contributed by atoms with Gasteiger partial charge in [-0.05, 0) is 23.9 Å². The summed E-state index contributed by atoms with van der Waals surface area (Å²) in [6.45, 7) is 0. The topological polar surface area (TPSA) is 79.5 Å². The number of nitrogens with zero attached hydrogens (tertiary/aromatic N) is 4. The molecule has 3 aromatic rings. The number of aromatic nitrogens is 5. The molecule has 102 valence electrons. The second kappa shape index (κ2) is 5.33. The SMILES string of the molecule is C[n+]1c(SCC(=O)Nn2cnnc2)[nH]c2ccccc21. The van der Waals surface area contributed by atoms with E-state index in [4.69, 9.17) is 0 Å². The normalized spacial score (nSPS) is 10.8. The van der Waals surface area contributed by atoms with Crippen molar-refractivity contribution in [2.75, 3.05) is 11.2 Å². The maximum absolute atomic E-state index is 11.8. The molecule has 7 nitrogen and oxygen atoms in total. The van der Waals surface area contributed by atoms with Crippen LogP contribution in [0.3, 0.4) is 0 Å². The Morgan fingerprint density at radius 2 is 2.15 bits per heavy atom. The molecule has 0 fully saturated rings. The zero-order valence-electron chi connectivity index (χ0n) is 10.8. The van der Waals surface area contributed by atoms with Crippen molar-refractivity contribution >= 4 is 28.7 Å². The number of rotatable bonds is 4. The van der Waals surface area contributed by atoms with Gasteiger partial charge in [0.2, 0.25) is 5.91 Å². The van der Waals surface area contributed by atoms with Gasteiger partial charge in [-0.2, -0.15) is 0 Å². The molecule has 0 aliphatic carbocycles. The Kier molecular flexibility index (Phi) is 3.38. The van der Waals surface area contributed by atoms with Gasteiger partial charge >= 0.3 is 5.16 Å². The Labute approximate surface area is 119 Å². The third kappa shape index (κ3) is 2.50. The molecule has 0 radical (unpaired) electrons. The molecule has 2 heterocycles. The van der Waals surface area contributed by atoms with Crippen LogP contribution in [0.1, 0.15) is 0 Å². The number of fused-ring (bicyclic) bond motifs is 1. The maximum atomic E-state index is 11.8. The van der Waals surface area contributed by atoms with E-state index in [1.165, 1.54) is 29.1 Å². The first-order valence-corrected chi connectivity index (χ1v) is 6.96. The number of nitrogens with one attached hydrogen (secondary N) is 2. The summed E-state index contributed by atoms with van der Waals surface area (Å²) in [5.41, 5.74) is 4.81. The van der Waals surface area contributed by atoms with E-state index in [0.29, 0.717) is 5.75 Å². The van der Waals surface area contributed by atoms with E-state index in [2.05, 4.69) is 20.6 Å². The van der Waals surface area contributed by atoms with Crippen LogP contribution in [0.2, 0.25) is 0 Å². The molecule has 0 saturated carbocycles. The zero-order valence-corrected chi connectivity index (χ0v) is 11.6. The Morgan fingerprint density at radius 1 is 1.40 bits per heavy atom. The van der Waals surface area contributed by atoms with Crippen molar-refractivity contribution in [3.63, 3.8) is 0 Å². The average molecular weight is 289 g/mol. The van der Waals surface area contributed by atoms with Crippen LogP contribution < -0.4 is 9.99 Å². The summed E-state index contributed by atoms with van der Waals surface area (Å²) in [6.07, 6.45) is 2.87. The third-order valence-corrected chi connectivity index (χ3v) is 3.88. The number of carbonyl (C=O) groups excluding carboxylic acids is 1. The lowest BCUT2D eigenvalue weighted by atomic mass is 10.3. The van der Waals surface area contributed by atoms with Crippen LogP contribution in [0.15, 0.2) is 42.1 Å². The highest BCUT2D eigenvalue weighted by Gasteiger charge is 2.16. The van der Waals surface area contributed by atoms with E-state index < -0.39 is 0 Å². The highest BCUT2D eigenvalue weighted by Crippen LogP contribution is 2.16. The number of hydrogen-bond acceptors (Lipinski definition) is 4. The molecule has 2 N–H and O–H groups in total. The molecule has 8 heteroatoms. The van der Waals surface area contributed by atoms with Crippen LogP contribution in [0.5, 0.6) is 0 Å². The van der Waals surface area contributed by atoms with Crippen LogP contribution in [-0.2, 0) is 11.8 Å². The molecule has 1 aromatic carbocycles. The fraction of sp³-hybridized carbons (Fsp3) is 0.167. The Hall–Kier alpha value is -2.35. The number of thioether (sulfide) groups is 1. The number of para-hydroxylation sites is 2. The Balaban J connectivity index is 1.68. The van der Waals surface area contributed by atoms with Crippen molar-refractivity contribution in [3.05, 3.63) is 36.9 Å². The monoisotopic (exact) mass is 289 g/mol. The van der Waals surface area contributed by atoms with Crippen LogP contribution >= 0.6 is 11.8 Å². The highest BCUT2D eigenvalue weighted by atomic mass is 32.2. The van der Waals surface area contributed by atoms with E-state index in [-0.39, 0.29) is 5.91 Å². The fourth-order valence-corrected chi connectivity index (χ4v) is 2.69. The first-order valence-electron chi connectivity index (χ1n) is 5.98. The molecule has 2 aromatic heterocycles. The molecule has 3 rings (SSSR count). The summed E-state index contributed by atoms with van der Waals surface area (Å²) < 4.78 is 3.46. The molecule has 1 amide bonds. The number of hydrogen-bond donors (Lipinski definition) is 2. The average Bonchev–Trinajstić information content (AvgIpc) is 3.06. The van der Waals surface area contributed by atoms with Gasteiger partial charge in [-0.1, -0.05) is 12.1 Å². The van der Waals surface area contributed by atoms with E-state index >= 15 is 0 Å². The maximum Gasteiger partial charge on any atom is 0.317 e. The Morgan fingerprint density at radius 3 is 2.90 bits per heavy atom. The molecule has 0 bridgehead atoms. The number of carbonyl (C=O) groups is 1. The molecule has 0 aliphatic heterocycles. The number of H-pyrrole nitrogens is 1. The first-order chi connectivity index (χ1) is 9.74. The second-order valence-electron chi connectivity index (χ2n) is 4.20. The van der Waals surface area contributed by atoms with Crippen molar-refractivity contribution in [1.29, 1.82) is 0 Å². The highest BCUT2D eigenvalue weighted by molar-refractivity contribution is 7.99. The quantitative estimate of drug-likeness (QED) is 0.540. The number of imidazole rings is 1. The molecular formula is C12H13N6OS+. The predicted molar refractivity (Wildman–Crippen MR) is 74.6 cm³/mol. The van der Waals surface area contributed by atoms with Crippen molar-refractivity contribution in [2.45, 2.75) is 5.16 Å². The van der Waals surface area contributed by atoms with Gasteiger partial charge in [0.15, 0.2) is 11.0 Å². The lowest BCUT2D eigenvalue weighted by Crippen LogP contribution is -2.30. The van der Waals surface area contributed by atoms with Crippen molar-refractivity contribution in [2.24, 2.45) is 7.05 Å². The smallest absolute Gasteiger partial charge is 0.272 e. The van der Waals surface area contributed by atoms with Crippen LogP contribution in [0.25, 0.3) is 11.0 Å². The summed E-state index contributed by atoms with van der Waals surface area (Å²) in [4.78, 5) is 15.1. The summed E-state index contributed by atoms with van der Waals surface area (Å²) in [7, 11) is 1.97. The fourth-order valence-electron chi connectivity index (χ4n) is 1.88. The standard InChI is InChI=1S/C12H12N6OS/c1-17-10-5-3-2-4-9(10)15-12(17)20-6-11(19)16-18-7-13-14-8-18/h2-5,7-8H,6H2,1H3,(H,16,19)/p+1. The molecule has 0 spiro atoms. The first kappa shape index (κ1) is 12.7.